The molecule has 0 spiro atoms. The highest BCUT2D eigenvalue weighted by Crippen LogP contribution is 2.52. The summed E-state index contributed by atoms with van der Waals surface area (Å²) in [6, 6.07) is 2.99. The Kier molecular flexibility index (Phi) is 5.13. The Bertz CT molecular complexity index is 1240. The first-order valence-corrected chi connectivity index (χ1v) is 10.8. The molecule has 0 radical (unpaired) electrons. The molecule has 3 aliphatic carbocycles. The van der Waals surface area contributed by atoms with Crippen LogP contribution in [0.1, 0.15) is 55.1 Å². The predicted octanol–water partition coefficient (Wildman–Crippen LogP) is 0.952. The van der Waals surface area contributed by atoms with Crippen molar-refractivity contribution in [2.24, 2.45) is 17.6 Å². The lowest BCUT2D eigenvalue weighted by molar-refractivity contribution is -0.147. The molecular weight excluding hydrogens is 444 g/mol. The number of phenols is 1. The molecule has 3 aliphatic rings. The summed E-state index contributed by atoms with van der Waals surface area (Å²) >= 11 is 0. The molecule has 0 unspecified atom stereocenters. The predicted molar refractivity (Wildman–Crippen MR) is 119 cm³/mol. The van der Waals surface area contributed by atoms with Gasteiger partial charge in [0.25, 0.3) is 11.8 Å². The molecule has 3 atom stereocenters. The number of primary amides is 1. The average Bonchev–Trinajstić information content (AvgIpc) is 2.69. The fourth-order valence-electron chi connectivity index (χ4n) is 5.19. The summed E-state index contributed by atoms with van der Waals surface area (Å²) in [5.41, 5.74) is 1.12. The van der Waals surface area contributed by atoms with E-state index in [0.29, 0.717) is 5.56 Å². The van der Waals surface area contributed by atoms with E-state index in [4.69, 9.17) is 5.73 Å². The standard InChI is InChI=1S/C24H26N2O8/c1-23(2,3)26-22(33)12-5-4-9-6-10-7-11-8-13(27)16(21(25)32)20(31)24(11,34)19(30)15(10)18(29)14(9)17(12)28/h4-5,10-11,28-29,31,34H,6-8H2,1-3H3,(H2,25,32)(H,26,33)/t10-,11-,24-/m0/s1. The molecule has 4 rings (SSSR count). The zero-order chi connectivity index (χ0) is 25.3. The van der Waals surface area contributed by atoms with E-state index in [1.54, 1.807) is 26.8 Å². The molecule has 1 saturated carbocycles. The lowest BCUT2D eigenvalue weighted by atomic mass is 9.59. The zero-order valence-electron chi connectivity index (χ0n) is 18.9. The van der Waals surface area contributed by atoms with E-state index in [1.165, 1.54) is 6.07 Å². The van der Waals surface area contributed by atoms with E-state index in [-0.39, 0.29) is 36.0 Å². The number of amides is 2. The van der Waals surface area contributed by atoms with E-state index in [2.05, 4.69) is 5.32 Å². The summed E-state index contributed by atoms with van der Waals surface area (Å²) in [7, 11) is 0. The maximum absolute atomic E-state index is 13.5. The van der Waals surface area contributed by atoms with Gasteiger partial charge in [-0.2, -0.15) is 0 Å². The second-order valence-electron chi connectivity index (χ2n) is 10.1. The summed E-state index contributed by atoms with van der Waals surface area (Å²) in [6.07, 6.45) is -0.141. The van der Waals surface area contributed by atoms with E-state index in [9.17, 15) is 39.6 Å². The third-order valence-corrected chi connectivity index (χ3v) is 6.67. The first-order valence-electron chi connectivity index (χ1n) is 10.8. The molecule has 0 heterocycles. The van der Waals surface area contributed by atoms with Crippen LogP contribution in [0.2, 0.25) is 0 Å². The molecular formula is C24H26N2O8. The number of hydrogen-bond acceptors (Lipinski definition) is 8. The molecule has 2 amide bonds. The van der Waals surface area contributed by atoms with Crippen LogP contribution in [-0.4, -0.2) is 54.9 Å². The monoisotopic (exact) mass is 470 g/mol. The van der Waals surface area contributed by atoms with Crippen molar-refractivity contribution in [3.8, 4) is 5.75 Å². The number of carbonyl (C=O) groups is 4. The van der Waals surface area contributed by atoms with Crippen LogP contribution in [0.3, 0.4) is 0 Å². The summed E-state index contributed by atoms with van der Waals surface area (Å²) in [4.78, 5) is 50.1. The molecule has 34 heavy (non-hydrogen) atoms. The number of nitrogens with one attached hydrogen (secondary N) is 1. The quantitative estimate of drug-likeness (QED) is 0.345. The number of hydrogen-bond donors (Lipinski definition) is 6. The Labute approximate surface area is 194 Å². The van der Waals surface area contributed by atoms with Crippen molar-refractivity contribution >= 4 is 29.1 Å². The van der Waals surface area contributed by atoms with Gasteiger partial charge in [-0.05, 0) is 51.2 Å². The van der Waals surface area contributed by atoms with Crippen molar-refractivity contribution in [3.63, 3.8) is 0 Å². The Morgan fingerprint density at radius 1 is 1.12 bits per heavy atom. The molecule has 0 bridgehead atoms. The largest absolute Gasteiger partial charge is 0.508 e. The zero-order valence-corrected chi connectivity index (χ0v) is 18.9. The summed E-state index contributed by atoms with van der Waals surface area (Å²) in [5, 5.41) is 46.4. The van der Waals surface area contributed by atoms with Crippen LogP contribution in [0.4, 0.5) is 0 Å². The summed E-state index contributed by atoms with van der Waals surface area (Å²) in [6.45, 7) is 5.28. The lowest BCUT2D eigenvalue weighted by Crippen LogP contribution is -2.58. The Balaban J connectivity index is 1.86. The number of aromatic hydroxyl groups is 1. The number of phenolic OH excluding ortho intramolecular Hbond substituents is 1. The maximum atomic E-state index is 13.5. The molecule has 0 aliphatic heterocycles. The normalized spacial score (nSPS) is 26.6. The number of carbonyl (C=O) groups excluding carboxylic acids is 4. The number of ketones is 2. The number of nitrogens with two attached hydrogens (primary N) is 1. The van der Waals surface area contributed by atoms with Crippen molar-refractivity contribution < 1.29 is 39.6 Å². The van der Waals surface area contributed by atoms with Crippen molar-refractivity contribution in [1.29, 1.82) is 0 Å². The van der Waals surface area contributed by atoms with Gasteiger partial charge in [-0.25, -0.2) is 0 Å². The van der Waals surface area contributed by atoms with Crippen molar-refractivity contribution in [2.45, 2.75) is 51.2 Å². The topological polar surface area (TPSA) is 187 Å². The number of aliphatic hydroxyl groups excluding tert-OH is 2. The summed E-state index contributed by atoms with van der Waals surface area (Å²) in [5.74, 6) is -7.63. The van der Waals surface area contributed by atoms with Crippen LogP contribution in [0.15, 0.2) is 29.0 Å². The highest BCUT2D eigenvalue weighted by atomic mass is 16.3. The first-order chi connectivity index (χ1) is 15.7. The van der Waals surface area contributed by atoms with Crippen LogP contribution in [0, 0.1) is 11.8 Å². The van der Waals surface area contributed by atoms with Crippen LogP contribution in [0.5, 0.6) is 5.75 Å². The summed E-state index contributed by atoms with van der Waals surface area (Å²) < 4.78 is 0. The molecule has 10 heteroatoms. The SMILES string of the molecule is CC(C)(C)NC(=O)c1ccc2c(c1O)C(O)=C1C(=O)[C@]3(O)C(O)=C(C(N)=O)C(=O)C[C@@H]3C[C@@H]1C2. The van der Waals surface area contributed by atoms with Crippen molar-refractivity contribution in [1.82, 2.24) is 5.32 Å². The molecule has 0 aromatic heterocycles. The molecule has 1 fully saturated rings. The molecule has 1 aromatic carbocycles. The fourth-order valence-corrected chi connectivity index (χ4v) is 5.19. The number of fused-ring (bicyclic) bond motifs is 3. The molecule has 7 N–H and O–H groups in total. The highest BCUT2D eigenvalue weighted by Gasteiger charge is 2.60. The van der Waals surface area contributed by atoms with E-state index in [1.807, 2.05) is 0 Å². The molecule has 180 valence electrons. The first kappa shape index (κ1) is 23.5. The highest BCUT2D eigenvalue weighted by molar-refractivity contribution is 6.22. The fraction of sp³-hybridized carbons (Fsp3) is 0.417. The van der Waals surface area contributed by atoms with Crippen LogP contribution in [-0.2, 0) is 20.8 Å². The number of Topliss-reactive ketones (excluding diaryl/α,β-unsaturated/α-hetero) is 2. The molecule has 1 aromatic rings. The number of rotatable bonds is 2. The lowest BCUT2D eigenvalue weighted by Gasteiger charge is -2.46. The third-order valence-electron chi connectivity index (χ3n) is 6.67. The van der Waals surface area contributed by atoms with Gasteiger partial charge in [-0.15, -0.1) is 0 Å². The van der Waals surface area contributed by atoms with Gasteiger partial charge in [-0.1, -0.05) is 6.07 Å². The molecule has 10 nitrogen and oxygen atoms in total. The Morgan fingerprint density at radius 2 is 1.76 bits per heavy atom. The Morgan fingerprint density at radius 3 is 2.35 bits per heavy atom. The van der Waals surface area contributed by atoms with E-state index < -0.39 is 69.2 Å². The Hall–Kier alpha value is -3.66. The average molecular weight is 470 g/mol. The minimum atomic E-state index is -2.62. The van der Waals surface area contributed by atoms with Crippen LogP contribution < -0.4 is 11.1 Å². The van der Waals surface area contributed by atoms with Gasteiger partial charge in [0, 0.05) is 23.5 Å². The van der Waals surface area contributed by atoms with E-state index >= 15 is 0 Å². The van der Waals surface area contributed by atoms with E-state index in [0.717, 1.165) is 0 Å². The van der Waals surface area contributed by atoms with Crippen molar-refractivity contribution in [3.05, 3.63) is 45.7 Å². The second kappa shape index (κ2) is 7.42. The van der Waals surface area contributed by atoms with Gasteiger partial charge in [0.1, 0.15) is 22.8 Å². The van der Waals surface area contributed by atoms with Gasteiger partial charge < -0.3 is 31.5 Å². The smallest absolute Gasteiger partial charge is 0.255 e. The van der Waals surface area contributed by atoms with Gasteiger partial charge in [-0.3, -0.25) is 19.2 Å². The molecule has 0 saturated heterocycles. The van der Waals surface area contributed by atoms with Crippen LogP contribution >= 0.6 is 0 Å². The van der Waals surface area contributed by atoms with Crippen molar-refractivity contribution in [2.75, 3.05) is 0 Å². The second-order valence-corrected chi connectivity index (χ2v) is 10.1. The minimum Gasteiger partial charge on any atom is -0.508 e. The maximum Gasteiger partial charge on any atom is 0.255 e. The third kappa shape index (κ3) is 3.28. The van der Waals surface area contributed by atoms with Gasteiger partial charge in [0.15, 0.2) is 11.4 Å². The van der Waals surface area contributed by atoms with Gasteiger partial charge in [0.2, 0.25) is 5.78 Å². The van der Waals surface area contributed by atoms with Gasteiger partial charge >= 0.3 is 0 Å². The number of aliphatic hydroxyl groups is 3. The van der Waals surface area contributed by atoms with Crippen LogP contribution in [0.25, 0.3) is 5.76 Å². The number of benzene rings is 1. The van der Waals surface area contributed by atoms with Gasteiger partial charge in [0.05, 0.1) is 11.1 Å². The minimum absolute atomic E-state index is 0.0515.